The minimum absolute atomic E-state index is 0.165. The van der Waals surface area contributed by atoms with Gasteiger partial charge in [0, 0.05) is 10.7 Å². The zero-order valence-corrected chi connectivity index (χ0v) is 11.0. The molecule has 0 saturated carbocycles. The Bertz CT molecular complexity index is 366. The van der Waals surface area contributed by atoms with Crippen molar-refractivity contribution >= 4 is 23.3 Å². The van der Waals surface area contributed by atoms with Crippen molar-refractivity contribution in [2.24, 2.45) is 5.92 Å². The van der Waals surface area contributed by atoms with Crippen LogP contribution in [-0.4, -0.2) is 19.1 Å². The van der Waals surface area contributed by atoms with Crippen molar-refractivity contribution in [3.8, 4) is 0 Å². The van der Waals surface area contributed by atoms with Gasteiger partial charge in [-0.05, 0) is 30.5 Å². The second kappa shape index (κ2) is 7.17. The first-order chi connectivity index (χ1) is 8.08. The summed E-state index contributed by atoms with van der Waals surface area (Å²) in [6.45, 7) is 4.84. The molecular formula is C13H18ClNO2. The van der Waals surface area contributed by atoms with Gasteiger partial charge in [0.05, 0.1) is 6.61 Å². The zero-order valence-electron chi connectivity index (χ0n) is 10.2. The van der Waals surface area contributed by atoms with Crippen molar-refractivity contribution in [3.05, 3.63) is 29.3 Å². The summed E-state index contributed by atoms with van der Waals surface area (Å²) in [5, 5.41) is 3.61. The lowest BCUT2D eigenvalue weighted by Gasteiger charge is -2.08. The van der Waals surface area contributed by atoms with Crippen LogP contribution in [0, 0.1) is 5.92 Å². The smallest absolute Gasteiger partial charge is 0.325 e. The number of carbonyl (C=O) groups excluding carboxylic acids is 1. The van der Waals surface area contributed by atoms with Crippen molar-refractivity contribution in [2.45, 2.75) is 20.3 Å². The molecular weight excluding hydrogens is 238 g/mol. The predicted octanol–water partition coefficient (Wildman–Crippen LogP) is 3.34. The lowest BCUT2D eigenvalue weighted by atomic mass is 10.1. The van der Waals surface area contributed by atoms with Gasteiger partial charge in [0.1, 0.15) is 6.54 Å². The van der Waals surface area contributed by atoms with E-state index in [4.69, 9.17) is 16.3 Å². The fourth-order valence-electron chi connectivity index (χ4n) is 1.23. The number of ether oxygens (including phenoxy) is 1. The molecule has 0 bridgehead atoms. The van der Waals surface area contributed by atoms with Crippen LogP contribution in [0.15, 0.2) is 24.3 Å². The number of esters is 1. The summed E-state index contributed by atoms with van der Waals surface area (Å²) in [4.78, 5) is 11.4. The molecule has 1 rings (SSSR count). The van der Waals surface area contributed by atoms with Gasteiger partial charge in [-0.25, -0.2) is 0 Å². The molecule has 0 heterocycles. The molecule has 3 nitrogen and oxygen atoms in total. The Kier molecular flexibility index (Phi) is 5.84. The Labute approximate surface area is 107 Å². The van der Waals surface area contributed by atoms with E-state index in [2.05, 4.69) is 19.2 Å². The minimum Gasteiger partial charge on any atom is -0.464 e. The van der Waals surface area contributed by atoms with Crippen LogP contribution in [0.3, 0.4) is 0 Å². The number of halogens is 1. The zero-order chi connectivity index (χ0) is 12.7. The average Bonchev–Trinajstić information content (AvgIpc) is 2.26. The van der Waals surface area contributed by atoms with E-state index in [1.165, 1.54) is 0 Å². The lowest BCUT2D eigenvalue weighted by molar-refractivity contribution is -0.141. The molecule has 0 unspecified atom stereocenters. The number of rotatable bonds is 6. The third kappa shape index (κ3) is 6.17. The molecule has 0 aliphatic carbocycles. The summed E-state index contributed by atoms with van der Waals surface area (Å²) in [6.07, 6.45) is 0.892. The maximum atomic E-state index is 11.4. The number of anilines is 1. The number of benzene rings is 1. The van der Waals surface area contributed by atoms with Gasteiger partial charge in [0.15, 0.2) is 0 Å². The van der Waals surface area contributed by atoms with Crippen LogP contribution in [-0.2, 0) is 9.53 Å². The molecule has 0 amide bonds. The normalized spacial score (nSPS) is 10.4. The summed E-state index contributed by atoms with van der Waals surface area (Å²) in [5.41, 5.74) is 0.818. The molecule has 94 valence electrons. The predicted molar refractivity (Wildman–Crippen MR) is 70.4 cm³/mol. The monoisotopic (exact) mass is 255 g/mol. The quantitative estimate of drug-likeness (QED) is 0.793. The van der Waals surface area contributed by atoms with E-state index in [-0.39, 0.29) is 12.5 Å². The van der Waals surface area contributed by atoms with E-state index < -0.39 is 0 Å². The third-order valence-electron chi connectivity index (χ3n) is 2.22. The summed E-state index contributed by atoms with van der Waals surface area (Å²) < 4.78 is 5.07. The molecule has 0 saturated heterocycles. The third-order valence-corrected chi connectivity index (χ3v) is 2.45. The van der Waals surface area contributed by atoms with Gasteiger partial charge in [-0.3, -0.25) is 4.79 Å². The second-order valence-corrected chi connectivity index (χ2v) is 4.70. The van der Waals surface area contributed by atoms with E-state index in [1.54, 1.807) is 12.1 Å². The summed E-state index contributed by atoms with van der Waals surface area (Å²) in [7, 11) is 0. The SMILES string of the molecule is CC(C)CCOC(=O)CNc1cccc(Cl)c1. The van der Waals surface area contributed by atoms with Crippen LogP contribution in [0.25, 0.3) is 0 Å². The first-order valence-corrected chi connectivity index (χ1v) is 6.11. The van der Waals surface area contributed by atoms with Gasteiger partial charge in [-0.1, -0.05) is 31.5 Å². The molecule has 0 aliphatic heterocycles. The highest BCUT2D eigenvalue weighted by Crippen LogP contribution is 2.14. The number of hydrogen-bond acceptors (Lipinski definition) is 3. The first kappa shape index (κ1) is 13.8. The molecule has 1 N–H and O–H groups in total. The van der Waals surface area contributed by atoms with Crippen LogP contribution in [0.1, 0.15) is 20.3 Å². The van der Waals surface area contributed by atoms with Gasteiger partial charge in [-0.2, -0.15) is 0 Å². The standard InChI is InChI=1S/C13H18ClNO2/c1-10(2)6-7-17-13(16)9-15-12-5-3-4-11(14)8-12/h3-5,8,10,15H,6-7,9H2,1-2H3. The Morgan fingerprint density at radius 1 is 1.47 bits per heavy atom. The van der Waals surface area contributed by atoms with E-state index in [0.29, 0.717) is 17.5 Å². The summed E-state index contributed by atoms with van der Waals surface area (Å²) in [6, 6.07) is 7.23. The lowest BCUT2D eigenvalue weighted by Crippen LogP contribution is -2.17. The number of nitrogens with one attached hydrogen (secondary N) is 1. The van der Waals surface area contributed by atoms with Gasteiger partial charge in [0.25, 0.3) is 0 Å². The van der Waals surface area contributed by atoms with E-state index >= 15 is 0 Å². The fourth-order valence-corrected chi connectivity index (χ4v) is 1.42. The Balaban J connectivity index is 2.24. The minimum atomic E-state index is -0.245. The van der Waals surface area contributed by atoms with Gasteiger partial charge in [0.2, 0.25) is 0 Å². The second-order valence-electron chi connectivity index (χ2n) is 4.27. The van der Waals surface area contributed by atoms with Crippen molar-refractivity contribution in [1.29, 1.82) is 0 Å². The number of hydrogen-bond donors (Lipinski definition) is 1. The summed E-state index contributed by atoms with van der Waals surface area (Å²) >= 11 is 5.82. The largest absolute Gasteiger partial charge is 0.464 e. The summed E-state index contributed by atoms with van der Waals surface area (Å²) in [5.74, 6) is 0.300. The van der Waals surface area contributed by atoms with Crippen LogP contribution in [0.4, 0.5) is 5.69 Å². The molecule has 0 radical (unpaired) electrons. The van der Waals surface area contributed by atoms with Crippen LogP contribution in [0.2, 0.25) is 5.02 Å². The van der Waals surface area contributed by atoms with Crippen molar-refractivity contribution in [3.63, 3.8) is 0 Å². The maximum absolute atomic E-state index is 11.4. The highest BCUT2D eigenvalue weighted by atomic mass is 35.5. The Morgan fingerprint density at radius 3 is 2.88 bits per heavy atom. The Hall–Kier alpha value is -1.22. The van der Waals surface area contributed by atoms with Gasteiger partial charge >= 0.3 is 5.97 Å². The highest BCUT2D eigenvalue weighted by molar-refractivity contribution is 6.30. The molecule has 0 aliphatic rings. The van der Waals surface area contributed by atoms with Crippen LogP contribution < -0.4 is 5.32 Å². The Morgan fingerprint density at radius 2 is 2.24 bits per heavy atom. The van der Waals surface area contributed by atoms with E-state index in [0.717, 1.165) is 12.1 Å². The van der Waals surface area contributed by atoms with Gasteiger partial charge in [-0.15, -0.1) is 0 Å². The van der Waals surface area contributed by atoms with Crippen LogP contribution in [0.5, 0.6) is 0 Å². The van der Waals surface area contributed by atoms with E-state index in [1.807, 2.05) is 12.1 Å². The molecule has 1 aromatic carbocycles. The highest BCUT2D eigenvalue weighted by Gasteiger charge is 2.03. The van der Waals surface area contributed by atoms with E-state index in [9.17, 15) is 4.79 Å². The molecule has 4 heteroatoms. The molecule has 17 heavy (non-hydrogen) atoms. The fraction of sp³-hybridized carbons (Fsp3) is 0.462. The number of carbonyl (C=O) groups is 1. The molecule has 0 atom stereocenters. The molecule has 0 spiro atoms. The van der Waals surface area contributed by atoms with Crippen molar-refractivity contribution in [1.82, 2.24) is 0 Å². The van der Waals surface area contributed by atoms with Crippen LogP contribution >= 0.6 is 11.6 Å². The van der Waals surface area contributed by atoms with Gasteiger partial charge < -0.3 is 10.1 Å². The molecule has 0 aromatic heterocycles. The molecule has 0 fully saturated rings. The average molecular weight is 256 g/mol. The topological polar surface area (TPSA) is 38.3 Å². The van der Waals surface area contributed by atoms with Crippen molar-refractivity contribution in [2.75, 3.05) is 18.5 Å². The van der Waals surface area contributed by atoms with Crippen molar-refractivity contribution < 1.29 is 9.53 Å². The maximum Gasteiger partial charge on any atom is 0.325 e. The first-order valence-electron chi connectivity index (χ1n) is 5.73. The molecule has 1 aromatic rings.